The number of rotatable bonds is 4. The lowest BCUT2D eigenvalue weighted by Gasteiger charge is -2.24. The van der Waals surface area contributed by atoms with Gasteiger partial charge in [0.15, 0.2) is 5.82 Å². The molecule has 0 bridgehead atoms. The molecule has 30 heavy (non-hydrogen) atoms. The largest absolute Gasteiger partial charge is 0.405 e. The fraction of sp³-hybridized carbons (Fsp3) is 0.333. The van der Waals surface area contributed by atoms with Gasteiger partial charge in [0.05, 0.1) is 6.54 Å². The number of H-pyrrole nitrogens is 1. The molecular weight excluding hydrogens is 411 g/mol. The van der Waals surface area contributed by atoms with Crippen LogP contribution in [0.2, 0.25) is 0 Å². The zero-order valence-electron chi connectivity index (χ0n) is 15.2. The molecule has 0 radical (unpaired) electrons. The van der Waals surface area contributed by atoms with Gasteiger partial charge in [-0.3, -0.25) is 4.79 Å². The minimum Gasteiger partial charge on any atom is -0.345 e. The van der Waals surface area contributed by atoms with E-state index in [4.69, 9.17) is 0 Å². The van der Waals surface area contributed by atoms with E-state index < -0.39 is 43.6 Å². The molecule has 0 spiro atoms. The molecule has 0 aromatic carbocycles. The first kappa shape index (κ1) is 20.0. The molecule has 2 N–H and O–H groups in total. The number of hydrogen-bond donors (Lipinski definition) is 2. The van der Waals surface area contributed by atoms with Gasteiger partial charge in [0.1, 0.15) is 24.1 Å². The van der Waals surface area contributed by atoms with Crippen molar-refractivity contribution in [2.75, 3.05) is 18.0 Å². The standard InChI is InChI=1S/C18H15F5N6O.2H2/c19-17(20)6-12(16(30)27-8-18(21,22)23)29(9-17)13-3-5-25-15(28-13)11-7-26-14-10(11)2-1-4-24-14;;/h1-5,7,12H,6,8-9H2,(H,24,26)(H,27,30);2*1H/t12-;;/m1../s1. The third kappa shape index (κ3) is 4.02. The second-order valence-corrected chi connectivity index (χ2v) is 6.88. The van der Waals surface area contributed by atoms with E-state index in [1.165, 1.54) is 12.3 Å². The summed E-state index contributed by atoms with van der Waals surface area (Å²) in [5, 5.41) is 2.38. The van der Waals surface area contributed by atoms with E-state index in [9.17, 15) is 26.7 Å². The molecule has 4 heterocycles. The average Bonchev–Trinajstić information content (AvgIpc) is 3.26. The predicted octanol–water partition coefficient (Wildman–Crippen LogP) is 3.40. The lowest BCUT2D eigenvalue weighted by atomic mass is 10.1. The minimum atomic E-state index is -4.65. The number of anilines is 1. The Morgan fingerprint density at radius 2 is 2.10 bits per heavy atom. The molecule has 1 aliphatic rings. The van der Waals surface area contributed by atoms with Crippen LogP contribution in [0, 0.1) is 0 Å². The van der Waals surface area contributed by atoms with Gasteiger partial charge in [-0.2, -0.15) is 13.2 Å². The van der Waals surface area contributed by atoms with Gasteiger partial charge < -0.3 is 15.2 Å². The smallest absolute Gasteiger partial charge is 0.345 e. The summed E-state index contributed by atoms with van der Waals surface area (Å²) in [6.07, 6.45) is -1.01. The van der Waals surface area contributed by atoms with Crippen LogP contribution in [-0.4, -0.2) is 57.1 Å². The Bertz CT molecular complexity index is 1090. The van der Waals surface area contributed by atoms with E-state index in [2.05, 4.69) is 19.9 Å². The van der Waals surface area contributed by atoms with Crippen molar-refractivity contribution in [3.63, 3.8) is 0 Å². The number of carbonyl (C=O) groups is 1. The Morgan fingerprint density at radius 3 is 2.87 bits per heavy atom. The van der Waals surface area contributed by atoms with Gasteiger partial charge in [0, 0.05) is 38.8 Å². The molecule has 3 aromatic heterocycles. The fourth-order valence-corrected chi connectivity index (χ4v) is 3.38. The van der Waals surface area contributed by atoms with Gasteiger partial charge in [0.25, 0.3) is 5.92 Å². The Hall–Kier alpha value is -3.31. The molecule has 0 unspecified atom stereocenters. The summed E-state index contributed by atoms with van der Waals surface area (Å²) in [6, 6.07) is 3.34. The van der Waals surface area contributed by atoms with E-state index in [0.29, 0.717) is 16.6 Å². The maximum Gasteiger partial charge on any atom is 0.405 e. The van der Waals surface area contributed by atoms with Crippen LogP contribution in [0.25, 0.3) is 22.4 Å². The Kier molecular flexibility index (Phi) is 4.79. The molecule has 162 valence electrons. The highest BCUT2D eigenvalue weighted by Crippen LogP contribution is 2.36. The maximum atomic E-state index is 14.0. The van der Waals surface area contributed by atoms with Crippen LogP contribution >= 0.6 is 0 Å². The molecule has 0 aliphatic carbocycles. The van der Waals surface area contributed by atoms with E-state index in [1.54, 1.807) is 29.8 Å². The second kappa shape index (κ2) is 7.18. The van der Waals surface area contributed by atoms with Gasteiger partial charge in [-0.25, -0.2) is 23.7 Å². The van der Waals surface area contributed by atoms with Crippen LogP contribution in [0.3, 0.4) is 0 Å². The number of halogens is 5. The van der Waals surface area contributed by atoms with Gasteiger partial charge in [-0.15, -0.1) is 0 Å². The van der Waals surface area contributed by atoms with Crippen LogP contribution in [0.1, 0.15) is 9.27 Å². The SMILES string of the molecule is O=C(NCC(F)(F)F)[C@H]1CC(F)(F)CN1c1ccnc(-c2c[nH]c3ncccc23)n1.[HH].[HH]. The first-order valence-electron chi connectivity index (χ1n) is 8.87. The normalized spacial score (nSPS) is 18.7. The van der Waals surface area contributed by atoms with Crippen molar-refractivity contribution >= 4 is 22.8 Å². The number of amides is 1. The highest BCUT2D eigenvalue weighted by Gasteiger charge is 2.49. The van der Waals surface area contributed by atoms with Crippen molar-refractivity contribution in [2.24, 2.45) is 0 Å². The average molecular weight is 430 g/mol. The molecule has 1 amide bonds. The van der Waals surface area contributed by atoms with Crippen molar-refractivity contribution in [2.45, 2.75) is 24.6 Å². The molecule has 12 heteroatoms. The van der Waals surface area contributed by atoms with Crippen LogP contribution in [0.5, 0.6) is 0 Å². The molecule has 3 aromatic rings. The highest BCUT2D eigenvalue weighted by molar-refractivity contribution is 5.91. The summed E-state index contributed by atoms with van der Waals surface area (Å²) in [6.45, 7) is -2.44. The van der Waals surface area contributed by atoms with Gasteiger partial charge in [-0.05, 0) is 18.2 Å². The van der Waals surface area contributed by atoms with Crippen molar-refractivity contribution in [3.05, 3.63) is 36.8 Å². The number of aromatic amines is 1. The predicted molar refractivity (Wildman–Crippen MR) is 101 cm³/mol. The zero-order valence-corrected chi connectivity index (χ0v) is 15.2. The Labute approximate surface area is 169 Å². The number of alkyl halides is 5. The van der Waals surface area contributed by atoms with Crippen LogP contribution in [0.15, 0.2) is 36.8 Å². The molecule has 4 rings (SSSR count). The highest BCUT2D eigenvalue weighted by atomic mass is 19.4. The van der Waals surface area contributed by atoms with E-state index in [1.807, 2.05) is 0 Å². The van der Waals surface area contributed by atoms with Gasteiger partial charge >= 0.3 is 6.18 Å². The number of aromatic nitrogens is 4. The number of nitrogens with zero attached hydrogens (tertiary/aromatic N) is 4. The number of nitrogens with one attached hydrogen (secondary N) is 2. The number of carbonyl (C=O) groups excluding carboxylic acids is 1. The molecule has 1 fully saturated rings. The summed E-state index contributed by atoms with van der Waals surface area (Å²) >= 11 is 0. The first-order chi connectivity index (χ1) is 14.1. The van der Waals surface area contributed by atoms with Crippen molar-refractivity contribution in [3.8, 4) is 11.4 Å². The van der Waals surface area contributed by atoms with Crippen molar-refractivity contribution in [1.29, 1.82) is 0 Å². The van der Waals surface area contributed by atoms with Crippen LogP contribution < -0.4 is 10.2 Å². The number of fused-ring (bicyclic) bond motifs is 1. The number of hydrogen-bond acceptors (Lipinski definition) is 5. The fourth-order valence-electron chi connectivity index (χ4n) is 3.38. The van der Waals surface area contributed by atoms with E-state index in [-0.39, 0.29) is 14.5 Å². The molecule has 0 saturated carbocycles. The molecule has 7 nitrogen and oxygen atoms in total. The minimum absolute atomic E-state index is 0. The quantitative estimate of drug-likeness (QED) is 0.620. The zero-order chi connectivity index (χ0) is 21.5. The summed E-state index contributed by atoms with van der Waals surface area (Å²) in [5.41, 5.74) is 1.16. The molecule has 1 aliphatic heterocycles. The van der Waals surface area contributed by atoms with Crippen LogP contribution in [0.4, 0.5) is 27.8 Å². The molecule has 1 atom stereocenters. The first-order valence-corrected chi connectivity index (χ1v) is 8.87. The lowest BCUT2D eigenvalue weighted by molar-refractivity contribution is -0.139. The Balaban J connectivity index is 0.00000181. The monoisotopic (exact) mass is 430 g/mol. The van der Waals surface area contributed by atoms with E-state index >= 15 is 0 Å². The Morgan fingerprint density at radius 1 is 1.30 bits per heavy atom. The summed E-state index contributed by atoms with van der Waals surface area (Å²) in [5.74, 6) is -4.17. The summed E-state index contributed by atoms with van der Waals surface area (Å²) in [4.78, 5) is 28.8. The molecule has 1 saturated heterocycles. The summed E-state index contributed by atoms with van der Waals surface area (Å²) in [7, 11) is 0. The third-order valence-electron chi connectivity index (χ3n) is 4.66. The lowest BCUT2D eigenvalue weighted by Crippen LogP contribution is -2.46. The third-order valence-corrected chi connectivity index (χ3v) is 4.66. The number of pyridine rings is 1. The maximum absolute atomic E-state index is 14.0. The topological polar surface area (TPSA) is 86.8 Å². The van der Waals surface area contributed by atoms with Crippen molar-refractivity contribution < 1.29 is 29.6 Å². The summed E-state index contributed by atoms with van der Waals surface area (Å²) < 4.78 is 65.3. The van der Waals surface area contributed by atoms with Crippen molar-refractivity contribution in [1.82, 2.24) is 25.3 Å². The molecular formula is C18H19F5N6O. The second-order valence-electron chi connectivity index (χ2n) is 6.88. The van der Waals surface area contributed by atoms with Gasteiger partial charge in [0.2, 0.25) is 5.91 Å². The van der Waals surface area contributed by atoms with Crippen LogP contribution in [-0.2, 0) is 4.79 Å². The van der Waals surface area contributed by atoms with Gasteiger partial charge in [-0.1, -0.05) is 0 Å². The van der Waals surface area contributed by atoms with E-state index in [0.717, 1.165) is 4.90 Å².